The second kappa shape index (κ2) is 7.61. The van der Waals surface area contributed by atoms with Crippen molar-refractivity contribution in [3.63, 3.8) is 0 Å². The molecule has 0 aromatic heterocycles. The molecule has 0 spiro atoms. The third-order valence-corrected chi connectivity index (χ3v) is 3.79. The lowest BCUT2D eigenvalue weighted by Gasteiger charge is -2.19. The van der Waals surface area contributed by atoms with Crippen LogP contribution in [0.3, 0.4) is 0 Å². The van der Waals surface area contributed by atoms with Crippen LogP contribution in [-0.4, -0.2) is 38.3 Å². The highest BCUT2D eigenvalue weighted by atomic mass is 35.5. The number of amides is 1. The fourth-order valence-electron chi connectivity index (χ4n) is 2.40. The molecule has 1 amide bonds. The van der Waals surface area contributed by atoms with E-state index in [1.807, 2.05) is 6.92 Å². The molecule has 21 heavy (non-hydrogen) atoms. The molecule has 1 aliphatic rings. The van der Waals surface area contributed by atoms with Gasteiger partial charge in [-0.25, -0.2) is 4.39 Å². The largest absolute Gasteiger partial charge is 0.381 e. The second-order valence-electron chi connectivity index (χ2n) is 5.04. The first-order valence-electron chi connectivity index (χ1n) is 7.17. The molecule has 6 heteroatoms. The number of carbonyl (C=O) groups is 1. The number of hydrogen-bond acceptors (Lipinski definition) is 3. The van der Waals surface area contributed by atoms with E-state index in [1.165, 1.54) is 6.07 Å². The summed E-state index contributed by atoms with van der Waals surface area (Å²) in [5.74, 6) is -0.409. The number of halogens is 2. The molecule has 4 nitrogen and oxygen atoms in total. The molecule has 1 heterocycles. The zero-order chi connectivity index (χ0) is 15.2. The lowest BCUT2D eigenvalue weighted by Crippen LogP contribution is -2.37. The summed E-state index contributed by atoms with van der Waals surface area (Å²) in [7, 11) is 0. The molecule has 1 saturated heterocycles. The topological polar surface area (TPSA) is 41.6 Å². The zero-order valence-electron chi connectivity index (χ0n) is 12.1. The van der Waals surface area contributed by atoms with Gasteiger partial charge in [0, 0.05) is 37.8 Å². The van der Waals surface area contributed by atoms with Crippen molar-refractivity contribution in [3.05, 3.63) is 29.0 Å². The summed E-state index contributed by atoms with van der Waals surface area (Å²) in [6.45, 7) is 4.50. The maximum Gasteiger partial charge on any atom is 0.222 e. The standard InChI is InChI=1S/C15H20ClFN2O2/c1-2-21-8-6-15(20)18-11-5-7-19(10-11)12-3-4-14(17)13(16)9-12/h3-4,9,11H,2,5-8,10H2,1H3,(H,18,20)/t11-/m1/s1. The Morgan fingerprint density at radius 2 is 2.38 bits per heavy atom. The summed E-state index contributed by atoms with van der Waals surface area (Å²) in [6, 6.07) is 4.81. The van der Waals surface area contributed by atoms with Gasteiger partial charge in [0.15, 0.2) is 0 Å². The first-order chi connectivity index (χ1) is 10.1. The monoisotopic (exact) mass is 314 g/mol. The molecule has 1 fully saturated rings. The van der Waals surface area contributed by atoms with Crippen molar-refractivity contribution in [2.45, 2.75) is 25.8 Å². The van der Waals surface area contributed by atoms with Crippen LogP contribution in [0, 0.1) is 5.82 Å². The Bertz CT molecular complexity index is 499. The quantitative estimate of drug-likeness (QED) is 0.821. The fourth-order valence-corrected chi connectivity index (χ4v) is 2.58. The Kier molecular flexibility index (Phi) is 5.82. The van der Waals surface area contributed by atoms with Crippen LogP contribution in [-0.2, 0) is 9.53 Å². The van der Waals surface area contributed by atoms with Crippen molar-refractivity contribution in [3.8, 4) is 0 Å². The average molecular weight is 315 g/mol. The molecule has 0 unspecified atom stereocenters. The van der Waals surface area contributed by atoms with E-state index in [0.29, 0.717) is 26.2 Å². The van der Waals surface area contributed by atoms with Crippen LogP contribution in [0.15, 0.2) is 18.2 Å². The van der Waals surface area contributed by atoms with Crippen LogP contribution in [0.1, 0.15) is 19.8 Å². The van der Waals surface area contributed by atoms with E-state index < -0.39 is 5.82 Å². The van der Waals surface area contributed by atoms with Crippen molar-refractivity contribution in [1.82, 2.24) is 5.32 Å². The maximum absolute atomic E-state index is 13.2. The van der Waals surface area contributed by atoms with E-state index in [9.17, 15) is 9.18 Å². The highest BCUT2D eigenvalue weighted by Gasteiger charge is 2.24. The average Bonchev–Trinajstić information content (AvgIpc) is 2.90. The first-order valence-corrected chi connectivity index (χ1v) is 7.55. The van der Waals surface area contributed by atoms with Crippen molar-refractivity contribution >= 4 is 23.2 Å². The lowest BCUT2D eigenvalue weighted by atomic mass is 10.2. The van der Waals surface area contributed by atoms with Crippen LogP contribution in [0.25, 0.3) is 0 Å². The molecule has 1 N–H and O–H groups in total. The van der Waals surface area contributed by atoms with Crippen molar-refractivity contribution in [1.29, 1.82) is 0 Å². The van der Waals surface area contributed by atoms with Gasteiger partial charge in [0.2, 0.25) is 5.91 Å². The van der Waals surface area contributed by atoms with Gasteiger partial charge in [-0.3, -0.25) is 4.79 Å². The minimum atomic E-state index is -0.416. The number of anilines is 1. The molecular weight excluding hydrogens is 295 g/mol. The van der Waals surface area contributed by atoms with E-state index in [1.54, 1.807) is 12.1 Å². The summed E-state index contributed by atoms with van der Waals surface area (Å²) in [4.78, 5) is 13.8. The summed E-state index contributed by atoms with van der Waals surface area (Å²) < 4.78 is 18.3. The van der Waals surface area contributed by atoms with E-state index in [-0.39, 0.29) is 17.0 Å². The van der Waals surface area contributed by atoms with Gasteiger partial charge in [-0.2, -0.15) is 0 Å². The van der Waals surface area contributed by atoms with E-state index >= 15 is 0 Å². The van der Waals surface area contributed by atoms with E-state index in [4.69, 9.17) is 16.3 Å². The first kappa shape index (κ1) is 16.0. The van der Waals surface area contributed by atoms with Gasteiger partial charge in [-0.15, -0.1) is 0 Å². The number of rotatable bonds is 6. The molecule has 0 bridgehead atoms. The zero-order valence-corrected chi connectivity index (χ0v) is 12.8. The molecule has 0 radical (unpaired) electrons. The SMILES string of the molecule is CCOCCC(=O)N[C@@H]1CCN(c2ccc(F)c(Cl)c2)C1. The Balaban J connectivity index is 1.83. The molecule has 1 aliphatic heterocycles. The second-order valence-corrected chi connectivity index (χ2v) is 5.45. The van der Waals surface area contributed by atoms with Gasteiger partial charge < -0.3 is 15.0 Å². The summed E-state index contributed by atoms with van der Waals surface area (Å²) in [6.07, 6.45) is 1.25. The number of hydrogen-bond donors (Lipinski definition) is 1. The molecule has 0 aliphatic carbocycles. The lowest BCUT2D eigenvalue weighted by molar-refractivity contribution is -0.122. The van der Waals surface area contributed by atoms with Crippen molar-refractivity contribution < 1.29 is 13.9 Å². The molecule has 116 valence electrons. The number of carbonyl (C=O) groups excluding carboxylic acids is 1. The molecule has 1 atom stereocenters. The third kappa shape index (κ3) is 4.58. The summed E-state index contributed by atoms with van der Waals surface area (Å²) in [5.41, 5.74) is 0.882. The van der Waals surface area contributed by atoms with Crippen LogP contribution in [0.4, 0.5) is 10.1 Å². The van der Waals surface area contributed by atoms with E-state index in [2.05, 4.69) is 10.2 Å². The molecule has 0 saturated carbocycles. The van der Waals surface area contributed by atoms with Crippen LogP contribution in [0.5, 0.6) is 0 Å². The fraction of sp³-hybridized carbons (Fsp3) is 0.533. The Labute approximate surface area is 129 Å². The predicted molar refractivity (Wildman–Crippen MR) is 81.3 cm³/mol. The molecular formula is C15H20ClFN2O2. The van der Waals surface area contributed by atoms with Gasteiger partial charge in [0.25, 0.3) is 0 Å². The summed E-state index contributed by atoms with van der Waals surface area (Å²) >= 11 is 5.80. The smallest absolute Gasteiger partial charge is 0.222 e. The van der Waals surface area contributed by atoms with Gasteiger partial charge in [-0.05, 0) is 31.5 Å². The Morgan fingerprint density at radius 3 is 3.10 bits per heavy atom. The van der Waals surface area contributed by atoms with Gasteiger partial charge in [0.1, 0.15) is 5.82 Å². The van der Waals surface area contributed by atoms with Crippen LogP contribution in [0.2, 0.25) is 5.02 Å². The highest BCUT2D eigenvalue weighted by Crippen LogP contribution is 2.25. The third-order valence-electron chi connectivity index (χ3n) is 3.50. The molecule has 2 rings (SSSR count). The van der Waals surface area contributed by atoms with Crippen LogP contribution < -0.4 is 10.2 Å². The Hall–Kier alpha value is -1.33. The number of nitrogens with zero attached hydrogens (tertiary/aromatic N) is 1. The van der Waals surface area contributed by atoms with Crippen molar-refractivity contribution in [2.75, 3.05) is 31.2 Å². The minimum absolute atomic E-state index is 0.00689. The molecule has 1 aromatic rings. The van der Waals surface area contributed by atoms with Gasteiger partial charge >= 0.3 is 0 Å². The maximum atomic E-state index is 13.2. The number of ether oxygens (including phenoxy) is 1. The highest BCUT2D eigenvalue weighted by molar-refractivity contribution is 6.31. The van der Waals surface area contributed by atoms with Crippen molar-refractivity contribution in [2.24, 2.45) is 0 Å². The summed E-state index contributed by atoms with van der Waals surface area (Å²) in [5, 5.41) is 3.12. The minimum Gasteiger partial charge on any atom is -0.381 e. The number of nitrogens with one attached hydrogen (secondary N) is 1. The van der Waals surface area contributed by atoms with E-state index in [0.717, 1.165) is 18.7 Å². The van der Waals surface area contributed by atoms with Gasteiger partial charge in [-0.1, -0.05) is 11.6 Å². The number of benzene rings is 1. The predicted octanol–water partition coefficient (Wildman–Crippen LogP) is 2.60. The normalized spacial score (nSPS) is 18.0. The van der Waals surface area contributed by atoms with Crippen LogP contribution >= 0.6 is 11.6 Å². The molecule has 1 aromatic carbocycles. The van der Waals surface area contributed by atoms with Gasteiger partial charge in [0.05, 0.1) is 11.6 Å². The Morgan fingerprint density at radius 1 is 1.57 bits per heavy atom.